The SMILES string of the molecule is CC(N)CC(=O)NCC(F)(F)C(F)F. The fourth-order valence-electron chi connectivity index (χ4n) is 0.658. The van der Waals surface area contributed by atoms with Crippen molar-refractivity contribution in [3.63, 3.8) is 0 Å². The van der Waals surface area contributed by atoms with Crippen LogP contribution in [0.1, 0.15) is 13.3 Å². The van der Waals surface area contributed by atoms with E-state index in [9.17, 15) is 22.4 Å². The van der Waals surface area contributed by atoms with Crippen LogP contribution in [0.5, 0.6) is 0 Å². The second kappa shape index (κ2) is 5.14. The topological polar surface area (TPSA) is 55.1 Å². The van der Waals surface area contributed by atoms with Gasteiger partial charge in [-0.25, -0.2) is 8.78 Å². The lowest BCUT2D eigenvalue weighted by Crippen LogP contribution is -2.42. The van der Waals surface area contributed by atoms with Gasteiger partial charge in [0.25, 0.3) is 0 Å². The van der Waals surface area contributed by atoms with Crippen LogP contribution in [-0.2, 0) is 4.79 Å². The molecular formula is C7H12F4N2O. The summed E-state index contributed by atoms with van der Waals surface area (Å²) >= 11 is 0. The maximum Gasteiger partial charge on any atom is 0.324 e. The Balaban J connectivity index is 3.88. The van der Waals surface area contributed by atoms with Crippen molar-refractivity contribution < 1.29 is 22.4 Å². The van der Waals surface area contributed by atoms with Gasteiger partial charge >= 0.3 is 12.3 Å². The second-order valence-electron chi connectivity index (χ2n) is 3.02. The summed E-state index contributed by atoms with van der Waals surface area (Å²) in [7, 11) is 0. The fraction of sp³-hybridized carbons (Fsp3) is 0.857. The number of nitrogens with one attached hydrogen (secondary N) is 1. The molecule has 14 heavy (non-hydrogen) atoms. The van der Waals surface area contributed by atoms with Crippen molar-refractivity contribution in [3.8, 4) is 0 Å². The summed E-state index contributed by atoms with van der Waals surface area (Å²) < 4.78 is 47.7. The first-order chi connectivity index (χ1) is 6.25. The molecule has 0 radical (unpaired) electrons. The van der Waals surface area contributed by atoms with Crippen molar-refractivity contribution in [1.29, 1.82) is 0 Å². The number of hydrogen-bond acceptors (Lipinski definition) is 2. The molecule has 1 amide bonds. The number of carbonyl (C=O) groups is 1. The van der Waals surface area contributed by atoms with E-state index < -0.39 is 30.8 Å². The van der Waals surface area contributed by atoms with E-state index in [0.717, 1.165) is 0 Å². The summed E-state index contributed by atoms with van der Waals surface area (Å²) in [4.78, 5) is 10.8. The van der Waals surface area contributed by atoms with Crippen LogP contribution >= 0.6 is 0 Å². The minimum Gasteiger partial charge on any atom is -0.350 e. The molecule has 0 aromatic heterocycles. The average molecular weight is 216 g/mol. The molecule has 0 bridgehead atoms. The molecule has 0 heterocycles. The van der Waals surface area contributed by atoms with Gasteiger partial charge in [0.15, 0.2) is 0 Å². The van der Waals surface area contributed by atoms with Crippen LogP contribution in [-0.4, -0.2) is 30.8 Å². The third-order valence-corrected chi connectivity index (χ3v) is 1.35. The molecule has 0 saturated carbocycles. The molecule has 0 fully saturated rings. The molecule has 0 rings (SSSR count). The Bertz CT molecular complexity index is 196. The summed E-state index contributed by atoms with van der Waals surface area (Å²) in [5.41, 5.74) is 5.20. The van der Waals surface area contributed by atoms with E-state index in [1.165, 1.54) is 6.92 Å². The maximum atomic E-state index is 12.2. The van der Waals surface area contributed by atoms with Crippen LogP contribution in [0, 0.1) is 0 Å². The quantitative estimate of drug-likeness (QED) is 0.666. The van der Waals surface area contributed by atoms with Crippen molar-refractivity contribution in [2.24, 2.45) is 5.73 Å². The zero-order valence-electron chi connectivity index (χ0n) is 7.57. The number of halogens is 4. The summed E-state index contributed by atoms with van der Waals surface area (Å²) in [6.45, 7) is 0.140. The predicted molar refractivity (Wildman–Crippen MR) is 42.2 cm³/mol. The molecule has 0 aliphatic rings. The highest BCUT2D eigenvalue weighted by Gasteiger charge is 2.40. The standard InChI is InChI=1S/C7H12F4N2O/c1-4(12)2-5(14)13-3-7(10,11)6(8)9/h4,6H,2-3,12H2,1H3,(H,13,14). The smallest absolute Gasteiger partial charge is 0.324 e. The average Bonchev–Trinajstić information content (AvgIpc) is 1.99. The molecule has 1 unspecified atom stereocenters. The molecule has 0 aromatic rings. The summed E-state index contributed by atoms with van der Waals surface area (Å²) in [5.74, 6) is -4.95. The van der Waals surface area contributed by atoms with Gasteiger partial charge in [-0.05, 0) is 6.92 Å². The largest absolute Gasteiger partial charge is 0.350 e. The molecule has 84 valence electrons. The molecule has 0 aromatic carbocycles. The van der Waals surface area contributed by atoms with E-state index in [4.69, 9.17) is 5.73 Å². The third-order valence-electron chi connectivity index (χ3n) is 1.35. The van der Waals surface area contributed by atoms with Gasteiger partial charge in [0, 0.05) is 12.5 Å². The van der Waals surface area contributed by atoms with Gasteiger partial charge in [0.2, 0.25) is 5.91 Å². The van der Waals surface area contributed by atoms with E-state index in [1.54, 1.807) is 5.32 Å². The molecule has 0 aliphatic carbocycles. The number of nitrogens with two attached hydrogens (primary N) is 1. The molecule has 3 nitrogen and oxygen atoms in total. The van der Waals surface area contributed by atoms with Crippen LogP contribution in [0.2, 0.25) is 0 Å². The predicted octanol–water partition coefficient (Wildman–Crippen LogP) is 0.740. The third kappa shape index (κ3) is 5.00. The lowest BCUT2D eigenvalue weighted by Gasteiger charge is -2.16. The normalized spacial score (nSPS) is 14.2. The van der Waals surface area contributed by atoms with Gasteiger partial charge in [0.05, 0.1) is 6.54 Å². The summed E-state index contributed by atoms with van der Waals surface area (Å²) in [6, 6.07) is -0.491. The fourth-order valence-corrected chi connectivity index (χ4v) is 0.658. The Morgan fingerprint density at radius 3 is 2.36 bits per heavy atom. The monoisotopic (exact) mass is 216 g/mol. The molecule has 1 atom stereocenters. The van der Waals surface area contributed by atoms with Crippen molar-refractivity contribution in [2.45, 2.75) is 31.7 Å². The van der Waals surface area contributed by atoms with Crippen LogP contribution in [0.25, 0.3) is 0 Å². The van der Waals surface area contributed by atoms with E-state index in [-0.39, 0.29) is 6.42 Å². The van der Waals surface area contributed by atoms with Crippen molar-refractivity contribution in [1.82, 2.24) is 5.32 Å². The van der Waals surface area contributed by atoms with E-state index in [1.807, 2.05) is 0 Å². The Kier molecular flexibility index (Phi) is 4.82. The van der Waals surface area contributed by atoms with E-state index >= 15 is 0 Å². The first-order valence-electron chi connectivity index (χ1n) is 3.94. The minimum atomic E-state index is -4.19. The molecule has 0 aliphatic heterocycles. The Hall–Kier alpha value is -0.850. The highest BCUT2D eigenvalue weighted by molar-refractivity contribution is 5.76. The Morgan fingerprint density at radius 1 is 1.50 bits per heavy atom. The van der Waals surface area contributed by atoms with Crippen LogP contribution in [0.3, 0.4) is 0 Å². The molecule has 3 N–H and O–H groups in total. The van der Waals surface area contributed by atoms with Crippen LogP contribution < -0.4 is 11.1 Å². The summed E-state index contributed by atoms with van der Waals surface area (Å²) in [6.07, 6.45) is -3.95. The van der Waals surface area contributed by atoms with E-state index in [2.05, 4.69) is 0 Å². The number of hydrogen-bond donors (Lipinski definition) is 2. The van der Waals surface area contributed by atoms with Gasteiger partial charge < -0.3 is 11.1 Å². The van der Waals surface area contributed by atoms with Crippen molar-refractivity contribution in [2.75, 3.05) is 6.54 Å². The summed E-state index contributed by atoms with van der Waals surface area (Å²) in [5, 5.41) is 1.69. The van der Waals surface area contributed by atoms with Gasteiger partial charge in [-0.15, -0.1) is 0 Å². The molecule has 0 spiro atoms. The van der Waals surface area contributed by atoms with Crippen LogP contribution in [0.15, 0.2) is 0 Å². The van der Waals surface area contributed by atoms with Crippen LogP contribution in [0.4, 0.5) is 17.6 Å². The van der Waals surface area contributed by atoms with Gasteiger partial charge in [-0.2, -0.15) is 8.78 Å². The van der Waals surface area contributed by atoms with Crippen molar-refractivity contribution >= 4 is 5.91 Å². The Morgan fingerprint density at radius 2 is 2.00 bits per heavy atom. The minimum absolute atomic E-state index is 0.167. The number of rotatable bonds is 5. The van der Waals surface area contributed by atoms with Gasteiger partial charge in [-0.3, -0.25) is 4.79 Å². The number of carbonyl (C=O) groups excluding carboxylic acids is 1. The highest BCUT2D eigenvalue weighted by Crippen LogP contribution is 2.21. The maximum absolute atomic E-state index is 12.2. The zero-order chi connectivity index (χ0) is 11.4. The molecular weight excluding hydrogens is 204 g/mol. The molecule has 0 saturated heterocycles. The zero-order valence-corrected chi connectivity index (χ0v) is 7.57. The van der Waals surface area contributed by atoms with E-state index in [0.29, 0.717) is 0 Å². The first kappa shape index (κ1) is 13.2. The first-order valence-corrected chi connectivity index (χ1v) is 3.94. The number of amides is 1. The van der Waals surface area contributed by atoms with Crippen molar-refractivity contribution in [3.05, 3.63) is 0 Å². The number of alkyl halides is 4. The second-order valence-corrected chi connectivity index (χ2v) is 3.02. The lowest BCUT2D eigenvalue weighted by molar-refractivity contribution is -0.136. The Labute approximate surface area is 78.6 Å². The van der Waals surface area contributed by atoms with Gasteiger partial charge in [0.1, 0.15) is 0 Å². The van der Waals surface area contributed by atoms with Gasteiger partial charge in [-0.1, -0.05) is 0 Å². The lowest BCUT2D eigenvalue weighted by atomic mass is 10.2. The molecule has 7 heteroatoms. The highest BCUT2D eigenvalue weighted by atomic mass is 19.3.